The molecule has 2 aromatic rings. The Morgan fingerprint density at radius 1 is 1.32 bits per heavy atom. The molecule has 0 aliphatic carbocycles. The lowest BCUT2D eigenvalue weighted by molar-refractivity contribution is -0.120. The van der Waals surface area contributed by atoms with Crippen molar-refractivity contribution in [1.29, 1.82) is 0 Å². The van der Waals surface area contributed by atoms with Crippen molar-refractivity contribution in [3.63, 3.8) is 0 Å². The van der Waals surface area contributed by atoms with Gasteiger partial charge in [0, 0.05) is 17.0 Å². The maximum atomic E-state index is 12.6. The minimum atomic E-state index is -0.193. The first-order chi connectivity index (χ1) is 10.5. The lowest BCUT2D eigenvalue weighted by Crippen LogP contribution is -2.29. The Balaban J connectivity index is 2.36. The molecule has 22 heavy (non-hydrogen) atoms. The molecule has 0 atom stereocenters. The monoisotopic (exact) mass is 321 g/mol. The molecule has 1 N–H and O–H groups in total. The highest BCUT2D eigenvalue weighted by Gasteiger charge is 2.20. The summed E-state index contributed by atoms with van der Waals surface area (Å²) in [5.74, 6) is -0.114. The summed E-state index contributed by atoms with van der Waals surface area (Å²) in [6.45, 7) is 7.77. The summed E-state index contributed by atoms with van der Waals surface area (Å²) in [6.07, 6.45) is 3.59. The fourth-order valence-corrected chi connectivity index (χ4v) is 3.56. The number of aromatic nitrogens is 2. The number of anilines is 1. The van der Waals surface area contributed by atoms with Gasteiger partial charge in [-0.1, -0.05) is 26.7 Å². The summed E-state index contributed by atoms with van der Waals surface area (Å²) in [5, 5.41) is 4.72. The number of thiazole rings is 1. The molecule has 0 radical (unpaired) electrons. The van der Waals surface area contributed by atoms with Crippen molar-refractivity contribution in [3.8, 4) is 0 Å². The van der Waals surface area contributed by atoms with E-state index in [1.165, 1.54) is 11.3 Å². The van der Waals surface area contributed by atoms with Crippen LogP contribution in [0.25, 0.3) is 4.96 Å². The first-order valence-electron chi connectivity index (χ1n) is 7.77. The van der Waals surface area contributed by atoms with Crippen LogP contribution in [0.2, 0.25) is 0 Å². The van der Waals surface area contributed by atoms with Gasteiger partial charge in [-0.2, -0.15) is 0 Å². The van der Waals surface area contributed by atoms with Crippen LogP contribution >= 0.6 is 11.3 Å². The fraction of sp³-hybridized carbons (Fsp3) is 0.562. The summed E-state index contributed by atoms with van der Waals surface area (Å²) in [5.41, 5.74) is 1.53. The molecule has 0 aliphatic rings. The Morgan fingerprint density at radius 3 is 2.55 bits per heavy atom. The van der Waals surface area contributed by atoms with Crippen LogP contribution in [-0.2, 0) is 4.79 Å². The van der Waals surface area contributed by atoms with Crippen molar-refractivity contribution >= 4 is 27.9 Å². The standard InChI is InChI=1S/C16H23N3O2S/c1-5-7-12(8-6-2)14(20)18-13-11(4)17-16-19(15(13)21)10(3)9-22-16/h9,12H,5-8H2,1-4H3,(H,18,20). The number of carbonyl (C=O) groups excluding carboxylic acids is 1. The fourth-order valence-electron chi connectivity index (χ4n) is 2.66. The van der Waals surface area contributed by atoms with Crippen molar-refractivity contribution in [2.24, 2.45) is 5.92 Å². The molecule has 120 valence electrons. The third-order valence-electron chi connectivity index (χ3n) is 3.81. The van der Waals surface area contributed by atoms with Gasteiger partial charge in [0.15, 0.2) is 4.96 Å². The lowest BCUT2D eigenvalue weighted by Gasteiger charge is -2.16. The molecular formula is C16H23N3O2S. The number of nitrogens with one attached hydrogen (secondary N) is 1. The molecule has 0 spiro atoms. The molecule has 0 unspecified atom stereocenters. The van der Waals surface area contributed by atoms with Gasteiger partial charge in [-0.05, 0) is 26.7 Å². The minimum Gasteiger partial charge on any atom is -0.320 e. The third kappa shape index (κ3) is 3.21. The minimum absolute atomic E-state index is 0.0435. The van der Waals surface area contributed by atoms with E-state index in [1.807, 2.05) is 12.3 Å². The zero-order chi connectivity index (χ0) is 16.3. The molecule has 0 fully saturated rings. The Morgan fingerprint density at radius 2 is 1.95 bits per heavy atom. The van der Waals surface area contributed by atoms with E-state index < -0.39 is 0 Å². The SMILES string of the molecule is CCCC(CCC)C(=O)Nc1c(C)nc2scc(C)n2c1=O. The zero-order valence-corrected chi connectivity index (χ0v) is 14.4. The van der Waals surface area contributed by atoms with Crippen LogP contribution in [-0.4, -0.2) is 15.3 Å². The van der Waals surface area contributed by atoms with E-state index in [2.05, 4.69) is 24.1 Å². The predicted octanol–water partition coefficient (Wildman–Crippen LogP) is 3.53. The number of fused-ring (bicyclic) bond motifs is 1. The van der Waals surface area contributed by atoms with Crippen molar-refractivity contribution in [3.05, 3.63) is 27.1 Å². The molecular weight excluding hydrogens is 298 g/mol. The van der Waals surface area contributed by atoms with Crippen molar-refractivity contribution in [1.82, 2.24) is 9.38 Å². The zero-order valence-electron chi connectivity index (χ0n) is 13.6. The van der Waals surface area contributed by atoms with E-state index in [4.69, 9.17) is 0 Å². The van der Waals surface area contributed by atoms with Crippen LogP contribution < -0.4 is 10.9 Å². The topological polar surface area (TPSA) is 63.5 Å². The summed E-state index contributed by atoms with van der Waals surface area (Å²) in [7, 11) is 0. The summed E-state index contributed by atoms with van der Waals surface area (Å²) >= 11 is 1.43. The van der Waals surface area contributed by atoms with Crippen LogP contribution in [0.4, 0.5) is 5.69 Å². The summed E-state index contributed by atoms with van der Waals surface area (Å²) < 4.78 is 1.56. The van der Waals surface area contributed by atoms with Gasteiger partial charge in [-0.3, -0.25) is 14.0 Å². The van der Waals surface area contributed by atoms with E-state index in [0.717, 1.165) is 31.4 Å². The number of hydrogen-bond acceptors (Lipinski definition) is 4. The average molecular weight is 321 g/mol. The first-order valence-corrected chi connectivity index (χ1v) is 8.65. The maximum Gasteiger partial charge on any atom is 0.282 e. The lowest BCUT2D eigenvalue weighted by atomic mass is 9.97. The molecule has 2 rings (SSSR count). The molecule has 5 nitrogen and oxygen atoms in total. The van der Waals surface area contributed by atoms with Gasteiger partial charge in [0.05, 0.1) is 5.69 Å². The molecule has 0 saturated heterocycles. The predicted molar refractivity (Wildman–Crippen MR) is 90.7 cm³/mol. The molecule has 2 aromatic heterocycles. The number of carbonyl (C=O) groups is 1. The Bertz CT molecular complexity index is 727. The quantitative estimate of drug-likeness (QED) is 0.885. The highest BCUT2D eigenvalue weighted by molar-refractivity contribution is 7.15. The van der Waals surface area contributed by atoms with E-state index >= 15 is 0 Å². The second-order valence-electron chi connectivity index (χ2n) is 5.64. The molecule has 1 amide bonds. The van der Waals surface area contributed by atoms with Gasteiger partial charge >= 0.3 is 0 Å². The molecule has 2 heterocycles. The summed E-state index contributed by atoms with van der Waals surface area (Å²) in [6, 6.07) is 0. The van der Waals surface area contributed by atoms with Crippen molar-refractivity contribution in [2.75, 3.05) is 5.32 Å². The van der Waals surface area contributed by atoms with Gasteiger partial charge < -0.3 is 5.32 Å². The second kappa shape index (κ2) is 7.05. The van der Waals surface area contributed by atoms with Gasteiger partial charge in [0.1, 0.15) is 5.69 Å². The number of amides is 1. The van der Waals surface area contributed by atoms with E-state index in [9.17, 15) is 9.59 Å². The van der Waals surface area contributed by atoms with Crippen LogP contribution in [0.15, 0.2) is 10.2 Å². The van der Waals surface area contributed by atoms with Crippen LogP contribution in [0, 0.1) is 19.8 Å². The third-order valence-corrected chi connectivity index (χ3v) is 4.76. The van der Waals surface area contributed by atoms with E-state index in [0.29, 0.717) is 16.3 Å². The molecule has 0 saturated carbocycles. The smallest absolute Gasteiger partial charge is 0.282 e. The maximum absolute atomic E-state index is 12.6. The largest absolute Gasteiger partial charge is 0.320 e. The Hall–Kier alpha value is -1.69. The number of aryl methyl sites for hydroxylation is 2. The van der Waals surface area contributed by atoms with Crippen LogP contribution in [0.5, 0.6) is 0 Å². The van der Waals surface area contributed by atoms with Crippen molar-refractivity contribution in [2.45, 2.75) is 53.4 Å². The van der Waals surface area contributed by atoms with Gasteiger partial charge in [-0.25, -0.2) is 4.98 Å². The highest BCUT2D eigenvalue weighted by Crippen LogP contribution is 2.19. The molecule has 6 heteroatoms. The molecule has 0 bridgehead atoms. The van der Waals surface area contributed by atoms with E-state index in [-0.39, 0.29) is 17.4 Å². The van der Waals surface area contributed by atoms with Crippen LogP contribution in [0.1, 0.15) is 50.9 Å². The average Bonchev–Trinajstić information content (AvgIpc) is 2.84. The van der Waals surface area contributed by atoms with Gasteiger partial charge in [0.2, 0.25) is 5.91 Å². The number of hydrogen-bond donors (Lipinski definition) is 1. The molecule has 0 aliphatic heterocycles. The second-order valence-corrected chi connectivity index (χ2v) is 6.47. The van der Waals surface area contributed by atoms with Crippen LogP contribution in [0.3, 0.4) is 0 Å². The number of rotatable bonds is 6. The number of nitrogens with zero attached hydrogens (tertiary/aromatic N) is 2. The highest BCUT2D eigenvalue weighted by atomic mass is 32.1. The normalized spacial score (nSPS) is 11.3. The molecule has 0 aromatic carbocycles. The Kier molecular flexibility index (Phi) is 5.34. The van der Waals surface area contributed by atoms with E-state index in [1.54, 1.807) is 11.3 Å². The van der Waals surface area contributed by atoms with Crippen molar-refractivity contribution < 1.29 is 4.79 Å². The first kappa shape index (κ1) is 16.7. The van der Waals surface area contributed by atoms with Gasteiger partial charge in [0.25, 0.3) is 5.56 Å². The summed E-state index contributed by atoms with van der Waals surface area (Å²) in [4.78, 5) is 30.2. The Labute approximate surface area is 134 Å². The van der Waals surface area contributed by atoms with Gasteiger partial charge in [-0.15, -0.1) is 11.3 Å².